The second-order valence-electron chi connectivity index (χ2n) is 2.53. The van der Waals surface area contributed by atoms with E-state index in [4.69, 9.17) is 17.3 Å². The van der Waals surface area contributed by atoms with Gasteiger partial charge in [0.15, 0.2) is 0 Å². The largest absolute Gasteiger partial charge is 0.404 e. The molecule has 1 rings (SSSR count). The van der Waals surface area contributed by atoms with Crippen molar-refractivity contribution in [1.82, 2.24) is 0 Å². The molecule has 0 saturated carbocycles. The first-order chi connectivity index (χ1) is 5.70. The van der Waals surface area contributed by atoms with Gasteiger partial charge in [0.05, 0.1) is 16.3 Å². The van der Waals surface area contributed by atoms with Gasteiger partial charge in [0.25, 0.3) is 0 Å². The van der Waals surface area contributed by atoms with Gasteiger partial charge in [-0.2, -0.15) is 5.10 Å². The highest BCUT2D eigenvalue weighted by Gasteiger charge is 2.17. The van der Waals surface area contributed by atoms with Gasteiger partial charge >= 0.3 is 0 Å². The molecule has 0 saturated heterocycles. The fourth-order valence-corrected chi connectivity index (χ4v) is 1.43. The zero-order chi connectivity index (χ0) is 9.14. The molecule has 0 aromatic rings. The number of rotatable bonds is 0. The molecular weight excluding hydrogens is 172 g/mol. The molecule has 0 bridgehead atoms. The molecular formula is C7H12N4S. The smallest absolute Gasteiger partial charge is 0.0757 e. The van der Waals surface area contributed by atoms with Crippen LogP contribution >= 0.6 is 12.6 Å². The first-order valence-corrected chi connectivity index (χ1v) is 4.02. The van der Waals surface area contributed by atoms with Crippen LogP contribution in [0.5, 0.6) is 0 Å². The summed E-state index contributed by atoms with van der Waals surface area (Å²) in [4.78, 5) is 0.639. The van der Waals surface area contributed by atoms with Crippen LogP contribution in [0.1, 0.15) is 12.8 Å². The third-order valence-corrected chi connectivity index (χ3v) is 2.36. The molecule has 0 aromatic heterocycles. The van der Waals surface area contributed by atoms with E-state index in [1.165, 1.54) is 6.20 Å². The highest BCUT2D eigenvalue weighted by atomic mass is 32.1. The molecule has 6 N–H and O–H groups in total. The first kappa shape index (κ1) is 8.99. The van der Waals surface area contributed by atoms with Crippen molar-refractivity contribution in [1.29, 1.82) is 0 Å². The summed E-state index contributed by atoms with van der Waals surface area (Å²) in [6, 6.07) is 0. The molecule has 0 radical (unpaired) electrons. The van der Waals surface area contributed by atoms with E-state index in [9.17, 15) is 0 Å². The van der Waals surface area contributed by atoms with E-state index in [-0.39, 0.29) is 0 Å². The number of thiol groups is 1. The molecule has 1 aliphatic rings. The summed E-state index contributed by atoms with van der Waals surface area (Å²) in [6.07, 6.45) is 3.03. The van der Waals surface area contributed by atoms with Crippen molar-refractivity contribution in [2.24, 2.45) is 22.4 Å². The predicted molar refractivity (Wildman–Crippen MR) is 53.3 cm³/mol. The van der Waals surface area contributed by atoms with Crippen molar-refractivity contribution in [3.8, 4) is 0 Å². The molecule has 0 spiro atoms. The Morgan fingerprint density at radius 1 is 1.42 bits per heavy atom. The topological polar surface area (TPSA) is 90.4 Å². The van der Waals surface area contributed by atoms with Crippen LogP contribution in [0.25, 0.3) is 0 Å². The maximum Gasteiger partial charge on any atom is 0.0757 e. The third-order valence-electron chi connectivity index (χ3n) is 1.86. The Morgan fingerprint density at radius 2 is 2.08 bits per heavy atom. The van der Waals surface area contributed by atoms with E-state index in [1.807, 2.05) is 0 Å². The summed E-state index contributed by atoms with van der Waals surface area (Å²) in [5.41, 5.74) is 13.3. The van der Waals surface area contributed by atoms with Gasteiger partial charge in [0, 0.05) is 0 Å². The number of nitrogens with two attached hydrogens (primary N) is 3. The number of nitrogens with zero attached hydrogens (tertiary/aromatic N) is 1. The van der Waals surface area contributed by atoms with Crippen LogP contribution in [0.15, 0.2) is 27.5 Å². The van der Waals surface area contributed by atoms with E-state index < -0.39 is 0 Å². The summed E-state index contributed by atoms with van der Waals surface area (Å²) in [6.45, 7) is 0. The zero-order valence-corrected chi connectivity index (χ0v) is 7.51. The fraction of sp³-hybridized carbons (Fsp3) is 0.286. The second-order valence-corrected chi connectivity index (χ2v) is 2.98. The first-order valence-electron chi connectivity index (χ1n) is 3.57. The van der Waals surface area contributed by atoms with Crippen LogP contribution in [-0.4, -0.2) is 5.71 Å². The number of hydrogen-bond acceptors (Lipinski definition) is 5. The fourth-order valence-electron chi connectivity index (χ4n) is 1.11. The highest BCUT2D eigenvalue weighted by Crippen LogP contribution is 2.25. The van der Waals surface area contributed by atoms with Crippen LogP contribution in [-0.2, 0) is 0 Å². The normalized spacial score (nSPS) is 25.4. The van der Waals surface area contributed by atoms with Crippen LogP contribution in [0, 0.1) is 0 Å². The van der Waals surface area contributed by atoms with Crippen LogP contribution < -0.4 is 17.3 Å². The highest BCUT2D eigenvalue weighted by molar-refractivity contribution is 7.85. The van der Waals surface area contributed by atoms with E-state index >= 15 is 0 Å². The molecule has 0 atom stereocenters. The number of hydrogen-bond donors (Lipinski definition) is 4. The lowest BCUT2D eigenvalue weighted by molar-refractivity contribution is 0.967. The number of allylic oxidation sites excluding steroid dienone is 2. The average molecular weight is 184 g/mol. The molecule has 0 heterocycles. The molecule has 0 aliphatic heterocycles. The molecule has 0 fully saturated rings. The minimum atomic E-state index is 0.580. The molecule has 12 heavy (non-hydrogen) atoms. The summed E-state index contributed by atoms with van der Waals surface area (Å²) < 4.78 is 0. The lowest BCUT2D eigenvalue weighted by atomic mass is 9.98. The second kappa shape index (κ2) is 3.53. The Balaban J connectivity index is 3.09. The third kappa shape index (κ3) is 1.40. The molecule has 0 amide bonds. The van der Waals surface area contributed by atoms with Gasteiger partial charge in [-0.05, 0) is 24.6 Å². The van der Waals surface area contributed by atoms with Gasteiger partial charge < -0.3 is 17.3 Å². The quantitative estimate of drug-likeness (QED) is 0.243. The summed E-state index contributed by atoms with van der Waals surface area (Å²) in [5, 5.41) is 3.58. The maximum absolute atomic E-state index is 5.72. The molecule has 4 nitrogen and oxygen atoms in total. The van der Waals surface area contributed by atoms with Gasteiger partial charge in [-0.1, -0.05) is 0 Å². The van der Waals surface area contributed by atoms with Gasteiger partial charge in [-0.3, -0.25) is 0 Å². The van der Waals surface area contributed by atoms with E-state index in [0.717, 1.165) is 24.1 Å². The van der Waals surface area contributed by atoms with Crippen LogP contribution in [0.4, 0.5) is 0 Å². The van der Waals surface area contributed by atoms with Gasteiger partial charge in [-0.25, -0.2) is 0 Å². The molecule has 0 aromatic carbocycles. The minimum absolute atomic E-state index is 0.580. The zero-order valence-electron chi connectivity index (χ0n) is 6.62. The summed E-state index contributed by atoms with van der Waals surface area (Å²) >= 11 is 4.19. The standard InChI is InChI=1S/C7H12N4S/c8-3-4-1-2-5(11-10)7(12)6(4)9/h3,12H,1-2,8-10H2. The van der Waals surface area contributed by atoms with E-state index in [2.05, 4.69) is 17.7 Å². The van der Waals surface area contributed by atoms with Crippen molar-refractivity contribution in [2.75, 3.05) is 0 Å². The van der Waals surface area contributed by atoms with Crippen molar-refractivity contribution >= 4 is 18.3 Å². The lowest BCUT2D eigenvalue weighted by Crippen LogP contribution is -2.18. The van der Waals surface area contributed by atoms with Crippen molar-refractivity contribution in [3.63, 3.8) is 0 Å². The van der Waals surface area contributed by atoms with Crippen LogP contribution in [0.3, 0.4) is 0 Å². The SMILES string of the molecule is NC=C1CCC(=NN)C(S)=C1N. The Morgan fingerprint density at radius 3 is 2.58 bits per heavy atom. The molecule has 0 unspecified atom stereocenters. The van der Waals surface area contributed by atoms with Crippen molar-refractivity contribution < 1.29 is 0 Å². The maximum atomic E-state index is 5.72. The van der Waals surface area contributed by atoms with Gasteiger partial charge in [0.2, 0.25) is 0 Å². The Hall–Kier alpha value is -1.10. The molecule has 66 valence electrons. The summed E-state index contributed by atoms with van der Waals surface area (Å²) in [7, 11) is 0. The average Bonchev–Trinajstić information content (AvgIpc) is 2.10. The van der Waals surface area contributed by atoms with Crippen LogP contribution in [0.2, 0.25) is 0 Å². The predicted octanol–water partition coefficient (Wildman–Crippen LogP) is 0.0376. The minimum Gasteiger partial charge on any atom is -0.404 e. The van der Waals surface area contributed by atoms with Crippen molar-refractivity contribution in [2.45, 2.75) is 12.8 Å². The molecule has 5 heteroatoms. The van der Waals surface area contributed by atoms with Gasteiger partial charge in [-0.15, -0.1) is 12.6 Å². The van der Waals surface area contributed by atoms with E-state index in [0.29, 0.717) is 10.6 Å². The van der Waals surface area contributed by atoms with Crippen molar-refractivity contribution in [3.05, 3.63) is 22.4 Å². The van der Waals surface area contributed by atoms with E-state index in [1.54, 1.807) is 0 Å². The monoisotopic (exact) mass is 184 g/mol. The summed E-state index contributed by atoms with van der Waals surface area (Å²) in [5.74, 6) is 5.14. The molecule has 1 aliphatic carbocycles. The Labute approximate surface area is 76.6 Å². The number of hydrazone groups is 1. The van der Waals surface area contributed by atoms with Gasteiger partial charge in [0.1, 0.15) is 0 Å². The lowest BCUT2D eigenvalue weighted by Gasteiger charge is -2.17. The Kier molecular flexibility index (Phi) is 2.65. The Bertz CT molecular complexity index is 249.